The Morgan fingerprint density at radius 2 is 2.17 bits per heavy atom. The number of aromatic nitrogens is 2. The molecule has 0 bridgehead atoms. The molecule has 0 amide bonds. The summed E-state index contributed by atoms with van der Waals surface area (Å²) in [5.74, 6) is 6.67. The SMILES string of the molecule is CCC(Nc1cc(NN)nc(N)n1)c1cccs1. The maximum absolute atomic E-state index is 5.62. The van der Waals surface area contributed by atoms with Gasteiger partial charge in [0.15, 0.2) is 0 Å². The van der Waals surface area contributed by atoms with Crippen LogP contribution < -0.4 is 22.3 Å². The molecule has 2 aromatic heterocycles. The van der Waals surface area contributed by atoms with Gasteiger partial charge in [0.05, 0.1) is 6.04 Å². The minimum atomic E-state index is 0.189. The third kappa shape index (κ3) is 2.88. The molecular formula is C11H16N6S. The average molecular weight is 264 g/mol. The quantitative estimate of drug-likeness (QED) is 0.486. The number of nitrogens with one attached hydrogen (secondary N) is 2. The van der Waals surface area contributed by atoms with Crippen LogP contribution in [-0.2, 0) is 0 Å². The van der Waals surface area contributed by atoms with E-state index in [1.54, 1.807) is 17.4 Å². The van der Waals surface area contributed by atoms with Crippen molar-refractivity contribution in [1.82, 2.24) is 9.97 Å². The summed E-state index contributed by atoms with van der Waals surface area (Å²) in [4.78, 5) is 9.35. The third-order valence-electron chi connectivity index (χ3n) is 2.51. The first-order valence-corrected chi connectivity index (χ1v) is 6.52. The van der Waals surface area contributed by atoms with E-state index in [-0.39, 0.29) is 12.0 Å². The molecule has 0 radical (unpaired) electrons. The van der Waals surface area contributed by atoms with Gasteiger partial charge in [0, 0.05) is 10.9 Å². The van der Waals surface area contributed by atoms with Gasteiger partial charge < -0.3 is 16.5 Å². The topological polar surface area (TPSA) is 102 Å². The minimum absolute atomic E-state index is 0.189. The third-order valence-corrected chi connectivity index (χ3v) is 3.49. The Bertz CT molecular complexity index is 498. The lowest BCUT2D eigenvalue weighted by atomic mass is 10.2. The maximum atomic E-state index is 5.62. The molecule has 0 aromatic carbocycles. The first-order valence-electron chi connectivity index (χ1n) is 5.64. The summed E-state index contributed by atoms with van der Waals surface area (Å²) in [7, 11) is 0. The molecule has 1 unspecified atom stereocenters. The molecule has 7 heteroatoms. The fraction of sp³-hybridized carbons (Fsp3) is 0.273. The zero-order chi connectivity index (χ0) is 13.0. The van der Waals surface area contributed by atoms with Crippen LogP contribution in [0.5, 0.6) is 0 Å². The predicted molar refractivity (Wildman–Crippen MR) is 75.2 cm³/mol. The summed E-state index contributed by atoms with van der Waals surface area (Å²) in [6.07, 6.45) is 0.954. The first-order chi connectivity index (χ1) is 8.72. The fourth-order valence-corrected chi connectivity index (χ4v) is 2.52. The molecule has 0 aliphatic heterocycles. The number of hydrogen-bond donors (Lipinski definition) is 4. The molecular weight excluding hydrogens is 248 g/mol. The van der Waals surface area contributed by atoms with E-state index in [9.17, 15) is 0 Å². The number of nitrogens with zero attached hydrogens (tertiary/aromatic N) is 2. The van der Waals surface area contributed by atoms with Gasteiger partial charge in [-0.15, -0.1) is 11.3 Å². The maximum Gasteiger partial charge on any atom is 0.223 e. The van der Waals surface area contributed by atoms with Gasteiger partial charge in [-0.1, -0.05) is 13.0 Å². The molecule has 2 aromatic rings. The van der Waals surface area contributed by atoms with Gasteiger partial charge in [-0.3, -0.25) is 0 Å². The lowest BCUT2D eigenvalue weighted by molar-refractivity contribution is 0.758. The smallest absolute Gasteiger partial charge is 0.223 e. The molecule has 0 saturated carbocycles. The van der Waals surface area contributed by atoms with Crippen LogP contribution in [0.15, 0.2) is 23.6 Å². The van der Waals surface area contributed by atoms with Crippen LogP contribution in [0.2, 0.25) is 0 Å². The molecule has 2 heterocycles. The molecule has 0 spiro atoms. The van der Waals surface area contributed by atoms with Gasteiger partial charge in [-0.05, 0) is 17.9 Å². The number of rotatable bonds is 5. The van der Waals surface area contributed by atoms with Gasteiger partial charge in [0.25, 0.3) is 0 Å². The van der Waals surface area contributed by atoms with Gasteiger partial charge in [-0.25, -0.2) is 5.84 Å². The van der Waals surface area contributed by atoms with Crippen LogP contribution >= 0.6 is 11.3 Å². The average Bonchev–Trinajstić information content (AvgIpc) is 2.89. The second-order valence-corrected chi connectivity index (χ2v) is 4.74. The van der Waals surface area contributed by atoms with Crippen LogP contribution in [0.4, 0.5) is 17.6 Å². The standard InChI is InChI=1S/C11H16N6S/c1-2-7(8-4-3-5-18-8)14-9-6-10(17-13)16-11(12)15-9/h3-7H,2,13H2,1H3,(H4,12,14,15,16,17). The molecule has 0 saturated heterocycles. The lowest BCUT2D eigenvalue weighted by Crippen LogP contribution is -2.14. The summed E-state index contributed by atoms with van der Waals surface area (Å²) in [6.45, 7) is 2.12. The number of nitrogens with two attached hydrogens (primary N) is 2. The molecule has 96 valence electrons. The molecule has 6 nitrogen and oxygen atoms in total. The Balaban J connectivity index is 2.19. The van der Waals surface area contributed by atoms with E-state index in [1.807, 2.05) is 6.07 Å². The second-order valence-electron chi connectivity index (χ2n) is 3.76. The summed E-state index contributed by atoms with van der Waals surface area (Å²) < 4.78 is 0. The van der Waals surface area contributed by atoms with E-state index in [2.05, 4.69) is 39.1 Å². The Labute approximate surface area is 109 Å². The van der Waals surface area contributed by atoms with Crippen LogP contribution in [-0.4, -0.2) is 9.97 Å². The van der Waals surface area contributed by atoms with Crippen molar-refractivity contribution in [2.75, 3.05) is 16.5 Å². The van der Waals surface area contributed by atoms with Crippen LogP contribution in [0, 0.1) is 0 Å². The Hall–Kier alpha value is -1.86. The van der Waals surface area contributed by atoms with Crippen LogP contribution in [0.25, 0.3) is 0 Å². The van der Waals surface area contributed by atoms with E-state index in [4.69, 9.17) is 11.6 Å². The van der Waals surface area contributed by atoms with Crippen LogP contribution in [0.3, 0.4) is 0 Å². The van der Waals surface area contributed by atoms with Crippen molar-refractivity contribution >= 4 is 28.9 Å². The molecule has 0 fully saturated rings. The van der Waals surface area contributed by atoms with E-state index in [1.165, 1.54) is 4.88 Å². The van der Waals surface area contributed by atoms with Crippen molar-refractivity contribution in [2.24, 2.45) is 5.84 Å². The largest absolute Gasteiger partial charge is 0.368 e. The minimum Gasteiger partial charge on any atom is -0.368 e. The zero-order valence-electron chi connectivity index (χ0n) is 10.1. The van der Waals surface area contributed by atoms with Crippen molar-refractivity contribution in [2.45, 2.75) is 19.4 Å². The number of thiophene rings is 1. The number of hydrogen-bond acceptors (Lipinski definition) is 7. The van der Waals surface area contributed by atoms with E-state index in [0.29, 0.717) is 11.6 Å². The summed E-state index contributed by atoms with van der Waals surface area (Å²) in [6, 6.07) is 6.07. The normalized spacial score (nSPS) is 12.1. The molecule has 1 atom stereocenters. The van der Waals surface area contributed by atoms with Gasteiger partial charge in [0.2, 0.25) is 5.95 Å². The predicted octanol–water partition coefficient (Wildman–Crippen LogP) is 1.97. The highest BCUT2D eigenvalue weighted by molar-refractivity contribution is 7.10. The second kappa shape index (κ2) is 5.65. The Kier molecular flexibility index (Phi) is 3.96. The van der Waals surface area contributed by atoms with Gasteiger partial charge in [-0.2, -0.15) is 9.97 Å². The monoisotopic (exact) mass is 264 g/mol. The van der Waals surface area contributed by atoms with Gasteiger partial charge in [0.1, 0.15) is 11.6 Å². The Morgan fingerprint density at radius 1 is 1.39 bits per heavy atom. The van der Waals surface area contributed by atoms with E-state index >= 15 is 0 Å². The van der Waals surface area contributed by atoms with E-state index < -0.39 is 0 Å². The highest BCUT2D eigenvalue weighted by Crippen LogP contribution is 2.26. The van der Waals surface area contributed by atoms with Crippen molar-refractivity contribution in [3.8, 4) is 0 Å². The van der Waals surface area contributed by atoms with E-state index in [0.717, 1.165) is 6.42 Å². The first kappa shape index (κ1) is 12.6. The van der Waals surface area contributed by atoms with Crippen molar-refractivity contribution in [3.63, 3.8) is 0 Å². The Morgan fingerprint density at radius 3 is 2.78 bits per heavy atom. The summed E-state index contributed by atoms with van der Waals surface area (Å²) >= 11 is 1.71. The van der Waals surface area contributed by atoms with Crippen molar-refractivity contribution < 1.29 is 0 Å². The number of hydrazine groups is 1. The highest BCUT2D eigenvalue weighted by atomic mass is 32.1. The number of anilines is 3. The highest BCUT2D eigenvalue weighted by Gasteiger charge is 2.11. The molecule has 0 aliphatic carbocycles. The fourth-order valence-electron chi connectivity index (χ4n) is 1.66. The lowest BCUT2D eigenvalue weighted by Gasteiger charge is -2.16. The molecule has 2 rings (SSSR count). The molecule has 6 N–H and O–H groups in total. The summed E-state index contributed by atoms with van der Waals surface area (Å²) in [5.41, 5.74) is 8.08. The van der Waals surface area contributed by atoms with Crippen molar-refractivity contribution in [1.29, 1.82) is 0 Å². The summed E-state index contributed by atoms with van der Waals surface area (Å²) in [5, 5.41) is 5.39. The van der Waals surface area contributed by atoms with Crippen LogP contribution in [0.1, 0.15) is 24.3 Å². The molecule has 18 heavy (non-hydrogen) atoms. The van der Waals surface area contributed by atoms with Crippen molar-refractivity contribution in [3.05, 3.63) is 28.5 Å². The van der Waals surface area contributed by atoms with Gasteiger partial charge >= 0.3 is 0 Å². The number of nitrogen functional groups attached to an aromatic ring is 2. The zero-order valence-corrected chi connectivity index (χ0v) is 10.9. The molecule has 0 aliphatic rings.